The molecular weight excluding hydrogens is 332 g/mol. The Kier molecular flexibility index (Phi) is 4.86. The van der Waals surface area contributed by atoms with E-state index < -0.39 is 10.0 Å². The van der Waals surface area contributed by atoms with Gasteiger partial charge in [-0.2, -0.15) is 0 Å². The molecule has 4 nitrogen and oxygen atoms in total. The van der Waals surface area contributed by atoms with Crippen LogP contribution in [-0.4, -0.2) is 13.4 Å². The second kappa shape index (κ2) is 7.07. The largest absolute Gasteiger partial charge is 0.264 e. The standard InChI is InChI=1S/C20H20N2O2S/c1-16-6-3-9-19(12-16)22(15-18-8-5-11-21-14-18)25(23,24)20-10-4-7-17(2)13-20/h3-14H,15H2,1-2H3. The number of sulfonamides is 1. The average molecular weight is 352 g/mol. The number of hydrogen-bond donors (Lipinski definition) is 0. The van der Waals surface area contributed by atoms with Crippen molar-refractivity contribution in [3.8, 4) is 0 Å². The van der Waals surface area contributed by atoms with Crippen LogP contribution in [0.3, 0.4) is 0 Å². The van der Waals surface area contributed by atoms with Gasteiger partial charge < -0.3 is 0 Å². The fourth-order valence-corrected chi connectivity index (χ4v) is 4.21. The summed E-state index contributed by atoms with van der Waals surface area (Å²) in [6.45, 7) is 4.07. The zero-order valence-corrected chi connectivity index (χ0v) is 15.1. The third-order valence-corrected chi connectivity index (χ3v) is 5.69. The Hall–Kier alpha value is -2.66. The number of nitrogens with zero attached hydrogens (tertiary/aromatic N) is 2. The Bertz CT molecular complexity index is 970. The predicted molar refractivity (Wildman–Crippen MR) is 100.0 cm³/mol. The molecule has 0 aliphatic rings. The first kappa shape index (κ1) is 17.2. The van der Waals surface area contributed by atoms with E-state index in [1.165, 1.54) is 4.31 Å². The number of pyridine rings is 1. The highest BCUT2D eigenvalue weighted by atomic mass is 32.2. The molecule has 3 rings (SSSR count). The van der Waals surface area contributed by atoms with Crippen LogP contribution in [0.1, 0.15) is 16.7 Å². The van der Waals surface area contributed by atoms with Gasteiger partial charge in [0.05, 0.1) is 17.1 Å². The first-order valence-corrected chi connectivity index (χ1v) is 9.46. The fourth-order valence-electron chi connectivity index (χ4n) is 2.66. The summed E-state index contributed by atoms with van der Waals surface area (Å²) in [4.78, 5) is 4.39. The molecule has 1 aromatic heterocycles. The Morgan fingerprint density at radius 1 is 0.920 bits per heavy atom. The summed E-state index contributed by atoms with van der Waals surface area (Å²) in [5.74, 6) is 0. The molecule has 0 N–H and O–H groups in total. The normalized spacial score (nSPS) is 11.3. The molecule has 3 aromatic rings. The lowest BCUT2D eigenvalue weighted by Gasteiger charge is -2.25. The smallest absolute Gasteiger partial charge is 0.264 e. The van der Waals surface area contributed by atoms with Crippen LogP contribution in [0.15, 0.2) is 78.0 Å². The van der Waals surface area contributed by atoms with E-state index in [9.17, 15) is 8.42 Å². The minimum atomic E-state index is -3.69. The van der Waals surface area contributed by atoms with E-state index in [2.05, 4.69) is 4.98 Å². The first-order chi connectivity index (χ1) is 12.0. The van der Waals surface area contributed by atoms with Gasteiger partial charge in [0.2, 0.25) is 0 Å². The summed E-state index contributed by atoms with van der Waals surface area (Å²) < 4.78 is 28.0. The topological polar surface area (TPSA) is 50.3 Å². The van der Waals surface area contributed by atoms with Crippen molar-refractivity contribution in [2.75, 3.05) is 4.31 Å². The number of benzene rings is 2. The Morgan fingerprint density at radius 3 is 2.28 bits per heavy atom. The number of aryl methyl sites for hydroxylation is 2. The Morgan fingerprint density at radius 2 is 1.64 bits per heavy atom. The molecule has 0 aliphatic carbocycles. The van der Waals surface area contributed by atoms with E-state index in [0.29, 0.717) is 5.69 Å². The molecule has 1 heterocycles. The highest BCUT2D eigenvalue weighted by Crippen LogP contribution is 2.27. The summed E-state index contributed by atoms with van der Waals surface area (Å²) in [6.07, 6.45) is 3.37. The van der Waals surface area contributed by atoms with Crippen molar-refractivity contribution in [2.24, 2.45) is 0 Å². The predicted octanol–water partition coefficient (Wildman–Crippen LogP) is 4.09. The molecule has 0 bridgehead atoms. The molecule has 128 valence electrons. The molecule has 25 heavy (non-hydrogen) atoms. The number of hydrogen-bond acceptors (Lipinski definition) is 3. The van der Waals surface area contributed by atoms with E-state index in [-0.39, 0.29) is 11.4 Å². The maximum atomic E-state index is 13.3. The summed E-state index contributed by atoms with van der Waals surface area (Å²) in [5, 5.41) is 0. The van der Waals surface area contributed by atoms with Crippen LogP contribution in [0.4, 0.5) is 5.69 Å². The zero-order chi connectivity index (χ0) is 17.9. The second-order valence-electron chi connectivity index (χ2n) is 6.03. The minimum absolute atomic E-state index is 0.230. The maximum Gasteiger partial charge on any atom is 0.264 e. The van der Waals surface area contributed by atoms with Crippen LogP contribution in [0.2, 0.25) is 0 Å². The average Bonchev–Trinajstić information content (AvgIpc) is 2.60. The van der Waals surface area contributed by atoms with Crippen LogP contribution in [-0.2, 0) is 16.6 Å². The van der Waals surface area contributed by atoms with Gasteiger partial charge in [0.25, 0.3) is 10.0 Å². The quantitative estimate of drug-likeness (QED) is 0.695. The van der Waals surface area contributed by atoms with Crippen molar-refractivity contribution < 1.29 is 8.42 Å². The molecule has 0 spiro atoms. The fraction of sp³-hybridized carbons (Fsp3) is 0.150. The van der Waals surface area contributed by atoms with Gasteiger partial charge in [0.1, 0.15) is 0 Å². The number of anilines is 1. The molecule has 0 fully saturated rings. The van der Waals surface area contributed by atoms with Crippen LogP contribution >= 0.6 is 0 Å². The van der Waals surface area contributed by atoms with Gasteiger partial charge in [0.15, 0.2) is 0 Å². The number of aromatic nitrogens is 1. The zero-order valence-electron chi connectivity index (χ0n) is 14.3. The van der Waals surface area contributed by atoms with E-state index in [0.717, 1.165) is 16.7 Å². The maximum absolute atomic E-state index is 13.3. The summed E-state index contributed by atoms with van der Waals surface area (Å²) in [7, 11) is -3.69. The van der Waals surface area contributed by atoms with Crippen molar-refractivity contribution in [3.05, 3.63) is 89.7 Å². The van der Waals surface area contributed by atoms with Gasteiger partial charge >= 0.3 is 0 Å². The molecule has 0 saturated carbocycles. The Labute approximate surface area is 148 Å². The lowest BCUT2D eigenvalue weighted by atomic mass is 10.2. The first-order valence-electron chi connectivity index (χ1n) is 8.02. The SMILES string of the molecule is Cc1cccc(N(Cc2cccnc2)S(=O)(=O)c2cccc(C)c2)c1. The minimum Gasteiger partial charge on any atom is -0.264 e. The molecule has 0 amide bonds. The monoisotopic (exact) mass is 352 g/mol. The second-order valence-corrected chi connectivity index (χ2v) is 7.89. The third-order valence-electron chi connectivity index (χ3n) is 3.92. The molecule has 5 heteroatoms. The molecule has 0 radical (unpaired) electrons. The van der Waals surface area contributed by atoms with E-state index in [4.69, 9.17) is 0 Å². The van der Waals surface area contributed by atoms with Gasteiger partial charge in [-0.05, 0) is 60.9 Å². The van der Waals surface area contributed by atoms with Crippen molar-refractivity contribution >= 4 is 15.7 Å². The Balaban J connectivity index is 2.10. The van der Waals surface area contributed by atoms with Crippen molar-refractivity contribution in [1.82, 2.24) is 4.98 Å². The summed E-state index contributed by atoms with van der Waals surface area (Å²) in [6, 6.07) is 18.2. The third kappa shape index (κ3) is 3.88. The highest BCUT2D eigenvalue weighted by molar-refractivity contribution is 7.92. The van der Waals surface area contributed by atoms with Crippen LogP contribution < -0.4 is 4.31 Å². The molecular formula is C20H20N2O2S. The van der Waals surface area contributed by atoms with Gasteiger partial charge in [-0.25, -0.2) is 8.42 Å². The van der Waals surface area contributed by atoms with E-state index in [1.54, 1.807) is 30.6 Å². The van der Waals surface area contributed by atoms with Crippen LogP contribution in [0, 0.1) is 13.8 Å². The van der Waals surface area contributed by atoms with E-state index in [1.807, 2.05) is 56.3 Å². The molecule has 2 aromatic carbocycles. The molecule has 0 unspecified atom stereocenters. The number of rotatable bonds is 5. The molecule has 0 aliphatic heterocycles. The van der Waals surface area contributed by atoms with Crippen LogP contribution in [0.5, 0.6) is 0 Å². The van der Waals surface area contributed by atoms with Crippen molar-refractivity contribution in [1.29, 1.82) is 0 Å². The van der Waals surface area contributed by atoms with Crippen molar-refractivity contribution in [3.63, 3.8) is 0 Å². The summed E-state index contributed by atoms with van der Waals surface area (Å²) in [5.41, 5.74) is 3.39. The lowest BCUT2D eigenvalue weighted by Crippen LogP contribution is -2.30. The van der Waals surface area contributed by atoms with Gasteiger partial charge in [-0.15, -0.1) is 0 Å². The summed E-state index contributed by atoms with van der Waals surface area (Å²) >= 11 is 0. The molecule has 0 saturated heterocycles. The van der Waals surface area contributed by atoms with Gasteiger partial charge in [-0.1, -0.05) is 30.3 Å². The van der Waals surface area contributed by atoms with Crippen LogP contribution in [0.25, 0.3) is 0 Å². The highest BCUT2D eigenvalue weighted by Gasteiger charge is 2.25. The van der Waals surface area contributed by atoms with Gasteiger partial charge in [0, 0.05) is 12.4 Å². The van der Waals surface area contributed by atoms with Crippen molar-refractivity contribution in [2.45, 2.75) is 25.3 Å². The lowest BCUT2D eigenvalue weighted by molar-refractivity contribution is 0.590. The molecule has 0 atom stereocenters. The van der Waals surface area contributed by atoms with Gasteiger partial charge in [-0.3, -0.25) is 9.29 Å². The van der Waals surface area contributed by atoms with E-state index >= 15 is 0 Å².